The Balaban J connectivity index is 1.45. The Hall–Kier alpha value is -4.13. The maximum atomic E-state index is 15.1. The first kappa shape index (κ1) is 32.3. The lowest BCUT2D eigenvalue weighted by Crippen LogP contribution is -2.36. The van der Waals surface area contributed by atoms with Gasteiger partial charge in [-0.25, -0.2) is 9.18 Å². The molecule has 1 aliphatic carbocycles. The molecule has 1 amide bonds. The van der Waals surface area contributed by atoms with Crippen molar-refractivity contribution in [3.63, 3.8) is 0 Å². The van der Waals surface area contributed by atoms with Gasteiger partial charge in [0.1, 0.15) is 29.0 Å². The van der Waals surface area contributed by atoms with Crippen molar-refractivity contribution in [2.45, 2.75) is 85.9 Å². The van der Waals surface area contributed by atoms with Crippen LogP contribution in [0.4, 0.5) is 9.18 Å². The third-order valence-electron chi connectivity index (χ3n) is 8.01. The summed E-state index contributed by atoms with van der Waals surface area (Å²) in [6.45, 7) is 14.0. The van der Waals surface area contributed by atoms with Crippen LogP contribution in [0.15, 0.2) is 54.6 Å². The zero-order valence-corrected chi connectivity index (χ0v) is 27.5. The van der Waals surface area contributed by atoms with Crippen molar-refractivity contribution >= 4 is 23.7 Å². The average Bonchev–Trinajstić information content (AvgIpc) is 3.31. The zero-order chi connectivity index (χ0) is 32.5. The first-order valence-electron chi connectivity index (χ1n) is 15.8. The lowest BCUT2D eigenvalue weighted by Gasteiger charge is -2.24. The number of halogens is 1. The van der Waals surface area contributed by atoms with E-state index in [-0.39, 0.29) is 24.0 Å². The second kappa shape index (κ2) is 12.7. The normalized spacial score (nSPS) is 16.8. The van der Waals surface area contributed by atoms with Gasteiger partial charge in [0.15, 0.2) is 0 Å². The van der Waals surface area contributed by atoms with Gasteiger partial charge in [-0.1, -0.05) is 30.3 Å². The van der Waals surface area contributed by atoms with Gasteiger partial charge in [-0.2, -0.15) is 0 Å². The summed E-state index contributed by atoms with van der Waals surface area (Å²) < 4.78 is 32.7. The zero-order valence-electron chi connectivity index (χ0n) is 27.5. The predicted molar refractivity (Wildman–Crippen MR) is 176 cm³/mol. The lowest BCUT2D eigenvalue weighted by molar-refractivity contribution is -0.143. The highest BCUT2D eigenvalue weighted by Gasteiger charge is 2.31. The molecule has 1 fully saturated rings. The van der Waals surface area contributed by atoms with Crippen molar-refractivity contribution in [3.05, 3.63) is 82.7 Å². The molecule has 1 atom stereocenters. The minimum atomic E-state index is -0.652. The predicted octanol–water partition coefficient (Wildman–Crippen LogP) is 9.02. The summed E-state index contributed by atoms with van der Waals surface area (Å²) in [5.41, 5.74) is 5.13. The van der Waals surface area contributed by atoms with Crippen molar-refractivity contribution in [2.75, 3.05) is 13.1 Å². The number of benzene rings is 3. The van der Waals surface area contributed by atoms with Crippen molar-refractivity contribution in [2.24, 2.45) is 5.41 Å². The molecule has 238 valence electrons. The number of carbonyl (C=O) groups is 2. The summed E-state index contributed by atoms with van der Waals surface area (Å²) in [5.74, 6) is 0.672. The first-order chi connectivity index (χ1) is 21.2. The van der Waals surface area contributed by atoms with Gasteiger partial charge < -0.3 is 19.1 Å². The number of hydrogen-bond acceptors (Lipinski definition) is 5. The van der Waals surface area contributed by atoms with Crippen LogP contribution in [0.5, 0.6) is 11.5 Å². The third-order valence-corrected chi connectivity index (χ3v) is 8.01. The van der Waals surface area contributed by atoms with Gasteiger partial charge in [0.05, 0.1) is 12.0 Å². The van der Waals surface area contributed by atoms with Crippen LogP contribution in [0.3, 0.4) is 0 Å². The Labute approximate surface area is 266 Å². The molecular weight excluding hydrogens is 569 g/mol. The molecule has 1 aliphatic heterocycles. The van der Waals surface area contributed by atoms with Crippen molar-refractivity contribution in [1.29, 1.82) is 0 Å². The Kier molecular flexibility index (Phi) is 9.11. The molecule has 0 saturated carbocycles. The molecule has 0 N–H and O–H groups in total. The molecule has 3 aromatic rings. The van der Waals surface area contributed by atoms with E-state index in [4.69, 9.17) is 14.2 Å². The maximum Gasteiger partial charge on any atom is 0.410 e. The molecule has 0 unspecified atom stereocenters. The minimum absolute atomic E-state index is 0.130. The van der Waals surface area contributed by atoms with E-state index in [2.05, 4.69) is 6.08 Å². The molecule has 3 aromatic carbocycles. The van der Waals surface area contributed by atoms with Gasteiger partial charge in [0, 0.05) is 18.5 Å². The number of fused-ring (bicyclic) bond motifs is 1. The van der Waals surface area contributed by atoms with Gasteiger partial charge in [-0.3, -0.25) is 4.79 Å². The summed E-state index contributed by atoms with van der Waals surface area (Å²) in [6.07, 6.45) is 4.71. The largest absolute Gasteiger partial charge is 0.489 e. The van der Waals surface area contributed by atoms with Gasteiger partial charge in [-0.05, 0) is 131 Å². The third kappa shape index (κ3) is 7.94. The monoisotopic (exact) mass is 613 g/mol. The Morgan fingerprint density at radius 1 is 0.889 bits per heavy atom. The number of aryl methyl sites for hydroxylation is 2. The molecule has 0 spiro atoms. The van der Waals surface area contributed by atoms with Crippen molar-refractivity contribution in [1.82, 2.24) is 4.90 Å². The molecule has 0 bridgehead atoms. The van der Waals surface area contributed by atoms with Gasteiger partial charge in [-0.15, -0.1) is 0 Å². The summed E-state index contributed by atoms with van der Waals surface area (Å²) >= 11 is 0. The molecule has 1 saturated heterocycles. The lowest BCUT2D eigenvalue weighted by atomic mass is 9.92. The molecular formula is C38H44FNO5. The molecule has 2 aliphatic rings. The summed E-state index contributed by atoms with van der Waals surface area (Å²) in [4.78, 5) is 27.0. The SMILES string of the molecule is Cc1ccc(C2=Cc3c(cc(OC(=O)C(C)(C)C)cc3-c3ccc(O[C@H]4CCN(C(=O)OC(C)(C)C)C4)cc3)CCC2)c(F)c1. The molecule has 45 heavy (non-hydrogen) atoms. The fourth-order valence-electron chi connectivity index (χ4n) is 5.65. The number of allylic oxidation sites excluding steroid dienone is 1. The van der Waals surface area contributed by atoms with Crippen LogP contribution >= 0.6 is 0 Å². The second-order valence-corrected chi connectivity index (χ2v) is 14.2. The quantitative estimate of drug-likeness (QED) is 0.212. The van der Waals surface area contributed by atoms with Crippen LogP contribution in [0.2, 0.25) is 0 Å². The average molecular weight is 614 g/mol. The molecule has 0 aromatic heterocycles. The van der Waals surface area contributed by atoms with E-state index in [1.165, 1.54) is 0 Å². The van der Waals surface area contributed by atoms with Crippen LogP contribution in [-0.2, 0) is 16.0 Å². The highest BCUT2D eigenvalue weighted by atomic mass is 19.1. The first-order valence-corrected chi connectivity index (χ1v) is 15.8. The van der Waals surface area contributed by atoms with Gasteiger partial charge >= 0.3 is 12.1 Å². The van der Waals surface area contributed by atoms with Gasteiger partial charge in [0.25, 0.3) is 0 Å². The fraction of sp³-hybridized carbons (Fsp3) is 0.421. The van der Waals surface area contributed by atoms with E-state index in [0.717, 1.165) is 59.1 Å². The van der Waals surface area contributed by atoms with E-state index in [1.807, 2.05) is 97.0 Å². The van der Waals surface area contributed by atoms with Crippen LogP contribution in [0.1, 0.15) is 83.1 Å². The van der Waals surface area contributed by atoms with Crippen LogP contribution < -0.4 is 9.47 Å². The summed E-state index contributed by atoms with van der Waals surface area (Å²) in [6, 6.07) is 17.1. The molecule has 7 heteroatoms. The van der Waals surface area contributed by atoms with Crippen LogP contribution in [-0.4, -0.2) is 41.8 Å². The van der Waals surface area contributed by atoms with Crippen LogP contribution in [0, 0.1) is 18.2 Å². The summed E-state index contributed by atoms with van der Waals surface area (Å²) in [7, 11) is 0. The van der Waals surface area contributed by atoms with Crippen molar-refractivity contribution < 1.29 is 28.2 Å². The number of hydrogen-bond donors (Lipinski definition) is 0. The number of amides is 1. The topological polar surface area (TPSA) is 65.1 Å². The summed E-state index contributed by atoms with van der Waals surface area (Å²) in [5, 5.41) is 0. The number of likely N-dealkylation sites (tertiary alicyclic amines) is 1. The van der Waals surface area contributed by atoms with E-state index < -0.39 is 11.0 Å². The van der Waals surface area contributed by atoms with E-state index in [0.29, 0.717) is 30.2 Å². The number of nitrogens with zero attached hydrogens (tertiary/aromatic N) is 1. The molecule has 1 heterocycles. The highest BCUT2D eigenvalue weighted by Crippen LogP contribution is 2.39. The number of carbonyl (C=O) groups excluding carboxylic acids is 2. The van der Waals surface area contributed by atoms with Crippen LogP contribution in [0.25, 0.3) is 22.8 Å². The smallest absolute Gasteiger partial charge is 0.410 e. The standard InChI is InChI=1S/C38H44FNO5/c1-24-11-16-31(34(39)19-24)27-10-8-9-26-20-30(44-35(41)37(2,3)4)22-33(32(26)21-27)25-12-14-28(15-13-25)43-29-17-18-40(23-29)36(42)45-38(5,6)7/h11-16,19-22,29H,8-10,17-18,23H2,1-7H3/t29-/m0/s1. The Morgan fingerprint density at radius 2 is 1.62 bits per heavy atom. The highest BCUT2D eigenvalue weighted by molar-refractivity contribution is 5.90. The Bertz CT molecular complexity index is 1610. The van der Waals surface area contributed by atoms with Gasteiger partial charge in [0.2, 0.25) is 0 Å². The molecule has 0 radical (unpaired) electrons. The Morgan fingerprint density at radius 3 is 2.29 bits per heavy atom. The van der Waals surface area contributed by atoms with E-state index in [1.54, 1.807) is 11.0 Å². The van der Waals surface area contributed by atoms with E-state index in [9.17, 15) is 9.59 Å². The van der Waals surface area contributed by atoms with E-state index >= 15 is 4.39 Å². The number of ether oxygens (including phenoxy) is 3. The fourth-order valence-corrected chi connectivity index (χ4v) is 5.65. The second-order valence-electron chi connectivity index (χ2n) is 14.2. The minimum Gasteiger partial charge on any atom is -0.489 e. The number of esters is 1. The maximum absolute atomic E-state index is 15.1. The molecule has 6 nitrogen and oxygen atoms in total. The molecule has 5 rings (SSSR count). The number of rotatable bonds is 5. The van der Waals surface area contributed by atoms with Crippen molar-refractivity contribution in [3.8, 4) is 22.6 Å².